The van der Waals surface area contributed by atoms with E-state index in [1.807, 2.05) is 0 Å². The molecule has 0 bridgehead atoms. The number of rotatable bonds is 5. The Balaban J connectivity index is 1.61. The summed E-state index contributed by atoms with van der Waals surface area (Å²) in [6.45, 7) is 3.90. The van der Waals surface area contributed by atoms with Gasteiger partial charge in [-0.2, -0.15) is 4.72 Å². The topological polar surface area (TPSA) is 84.9 Å². The molecule has 1 aromatic rings. The number of ether oxygens (including phenoxy) is 2. The van der Waals surface area contributed by atoms with Crippen molar-refractivity contribution >= 4 is 15.9 Å². The molecule has 0 spiro atoms. The summed E-state index contributed by atoms with van der Waals surface area (Å²) in [4.78, 5) is 14.5. The number of hydrogen-bond donors (Lipinski definition) is 1. The Bertz CT molecular complexity index is 688. The van der Waals surface area contributed by atoms with Crippen molar-refractivity contribution < 1.29 is 22.7 Å². The molecule has 2 saturated heterocycles. The van der Waals surface area contributed by atoms with Gasteiger partial charge in [0.1, 0.15) is 0 Å². The third-order valence-corrected chi connectivity index (χ3v) is 6.11. The van der Waals surface area contributed by atoms with E-state index < -0.39 is 16.1 Å². The molecule has 0 aromatic heterocycles. The molecule has 2 heterocycles. The molecule has 25 heavy (non-hydrogen) atoms. The molecule has 2 atom stereocenters. The number of piperidine rings is 1. The van der Waals surface area contributed by atoms with Crippen LogP contribution in [0.15, 0.2) is 35.2 Å². The van der Waals surface area contributed by atoms with Crippen LogP contribution in [-0.4, -0.2) is 57.9 Å². The van der Waals surface area contributed by atoms with E-state index >= 15 is 0 Å². The molecule has 2 aliphatic heterocycles. The number of sulfonamides is 1. The largest absolute Gasteiger partial charge is 0.350 e. The number of carbonyl (C=O) groups is 1. The van der Waals surface area contributed by atoms with E-state index in [2.05, 4.69) is 4.72 Å². The van der Waals surface area contributed by atoms with Gasteiger partial charge >= 0.3 is 0 Å². The van der Waals surface area contributed by atoms with E-state index in [-0.39, 0.29) is 23.0 Å². The summed E-state index contributed by atoms with van der Waals surface area (Å²) in [6, 6.07) is 7.23. The first-order chi connectivity index (χ1) is 12.0. The Morgan fingerprint density at radius 1 is 1.24 bits per heavy atom. The Morgan fingerprint density at radius 3 is 2.60 bits per heavy atom. The predicted molar refractivity (Wildman–Crippen MR) is 91.2 cm³/mol. The van der Waals surface area contributed by atoms with Crippen LogP contribution < -0.4 is 4.72 Å². The van der Waals surface area contributed by atoms with Gasteiger partial charge in [-0.25, -0.2) is 8.42 Å². The van der Waals surface area contributed by atoms with Crippen LogP contribution in [-0.2, 0) is 24.3 Å². The lowest BCUT2D eigenvalue weighted by Gasteiger charge is -2.36. The lowest BCUT2D eigenvalue weighted by atomic mass is 9.97. The molecule has 3 rings (SSSR count). The van der Waals surface area contributed by atoms with E-state index in [1.165, 1.54) is 12.1 Å². The quantitative estimate of drug-likeness (QED) is 0.837. The number of nitrogens with zero attached hydrogens (tertiary/aromatic N) is 1. The summed E-state index contributed by atoms with van der Waals surface area (Å²) < 4.78 is 38.3. The van der Waals surface area contributed by atoms with Gasteiger partial charge in [0, 0.05) is 19.0 Å². The third-order valence-electron chi connectivity index (χ3n) is 4.56. The standard InChI is InChI=1S/C17H24N2O5S/c1-13(18-25(21,22)15-7-3-2-4-8-15)16(20)19-9-5-6-14(12-19)17-23-10-11-24-17/h2-4,7-8,13-14,17-18H,5-6,9-12H2,1H3/t13-,14?/m0/s1. The molecule has 138 valence electrons. The van der Waals surface area contributed by atoms with Crippen LogP contribution in [0.3, 0.4) is 0 Å². The van der Waals surface area contributed by atoms with Gasteiger partial charge in [0.15, 0.2) is 6.29 Å². The molecule has 0 aliphatic carbocycles. The first-order valence-electron chi connectivity index (χ1n) is 8.57. The molecule has 0 radical (unpaired) electrons. The molecule has 2 fully saturated rings. The smallest absolute Gasteiger partial charge is 0.241 e. The number of carbonyl (C=O) groups excluding carboxylic acids is 1. The highest BCUT2D eigenvalue weighted by Crippen LogP contribution is 2.25. The lowest BCUT2D eigenvalue weighted by Crippen LogP contribution is -2.51. The average Bonchev–Trinajstić information content (AvgIpc) is 3.16. The van der Waals surface area contributed by atoms with Crippen LogP contribution in [0.5, 0.6) is 0 Å². The van der Waals surface area contributed by atoms with Crippen molar-refractivity contribution in [3.63, 3.8) is 0 Å². The highest BCUT2D eigenvalue weighted by molar-refractivity contribution is 7.89. The number of nitrogens with one attached hydrogen (secondary N) is 1. The van der Waals surface area contributed by atoms with Crippen LogP contribution in [0.4, 0.5) is 0 Å². The maximum absolute atomic E-state index is 12.7. The molecule has 1 aromatic carbocycles. The predicted octanol–water partition coefficient (Wildman–Crippen LogP) is 0.965. The summed E-state index contributed by atoms with van der Waals surface area (Å²) in [5.74, 6) is -0.0830. The van der Waals surface area contributed by atoms with E-state index in [9.17, 15) is 13.2 Å². The van der Waals surface area contributed by atoms with Gasteiger partial charge in [-0.1, -0.05) is 18.2 Å². The minimum atomic E-state index is -3.72. The molecule has 2 aliphatic rings. The van der Waals surface area contributed by atoms with Gasteiger partial charge < -0.3 is 14.4 Å². The number of amides is 1. The van der Waals surface area contributed by atoms with E-state index in [0.717, 1.165) is 12.8 Å². The van der Waals surface area contributed by atoms with Crippen molar-refractivity contribution in [1.82, 2.24) is 9.62 Å². The normalized spacial score (nSPS) is 23.6. The average molecular weight is 368 g/mol. The fourth-order valence-electron chi connectivity index (χ4n) is 3.31. The zero-order chi connectivity index (χ0) is 17.9. The minimum absolute atomic E-state index is 0.137. The summed E-state index contributed by atoms with van der Waals surface area (Å²) >= 11 is 0. The number of hydrogen-bond acceptors (Lipinski definition) is 5. The second-order valence-corrected chi connectivity index (χ2v) is 8.17. The monoisotopic (exact) mass is 368 g/mol. The van der Waals surface area contributed by atoms with Crippen LogP contribution in [0.25, 0.3) is 0 Å². The molecule has 1 N–H and O–H groups in total. The molecule has 0 saturated carbocycles. The Morgan fingerprint density at radius 2 is 1.92 bits per heavy atom. The lowest BCUT2D eigenvalue weighted by molar-refractivity contribution is -0.140. The van der Waals surface area contributed by atoms with E-state index in [4.69, 9.17) is 9.47 Å². The van der Waals surface area contributed by atoms with Crippen LogP contribution in [0, 0.1) is 5.92 Å². The molecule has 7 nitrogen and oxygen atoms in total. The number of likely N-dealkylation sites (tertiary alicyclic amines) is 1. The molecule has 1 amide bonds. The first-order valence-corrected chi connectivity index (χ1v) is 10.0. The summed E-state index contributed by atoms with van der Waals surface area (Å²) in [6.07, 6.45) is 1.54. The maximum atomic E-state index is 12.7. The van der Waals surface area contributed by atoms with Gasteiger partial charge in [-0.15, -0.1) is 0 Å². The van der Waals surface area contributed by atoms with Crippen LogP contribution in [0.1, 0.15) is 19.8 Å². The summed E-state index contributed by atoms with van der Waals surface area (Å²) in [5, 5.41) is 0. The van der Waals surface area contributed by atoms with Gasteiger partial charge in [-0.05, 0) is 31.9 Å². The molecular formula is C17H24N2O5S. The summed E-state index contributed by atoms with van der Waals surface area (Å²) in [5.41, 5.74) is 0. The second kappa shape index (κ2) is 7.82. The van der Waals surface area contributed by atoms with Crippen molar-refractivity contribution in [3.05, 3.63) is 30.3 Å². The fourth-order valence-corrected chi connectivity index (χ4v) is 4.52. The van der Waals surface area contributed by atoms with E-state index in [0.29, 0.717) is 26.3 Å². The SMILES string of the molecule is C[C@H](NS(=O)(=O)c1ccccc1)C(=O)N1CCCC(C2OCCO2)C1. The highest BCUT2D eigenvalue weighted by Gasteiger charge is 2.34. The minimum Gasteiger partial charge on any atom is -0.350 e. The third kappa shape index (κ3) is 4.38. The van der Waals surface area contributed by atoms with Gasteiger partial charge in [0.25, 0.3) is 0 Å². The van der Waals surface area contributed by atoms with Crippen molar-refractivity contribution in [3.8, 4) is 0 Å². The first kappa shape index (κ1) is 18.3. The van der Waals surface area contributed by atoms with E-state index in [1.54, 1.807) is 30.0 Å². The molecule has 8 heteroatoms. The number of benzene rings is 1. The van der Waals surface area contributed by atoms with Crippen molar-refractivity contribution in [1.29, 1.82) is 0 Å². The Labute approximate surface area is 148 Å². The molecule has 1 unspecified atom stereocenters. The Hall–Kier alpha value is -1.48. The fraction of sp³-hybridized carbons (Fsp3) is 0.588. The van der Waals surface area contributed by atoms with Crippen LogP contribution in [0.2, 0.25) is 0 Å². The van der Waals surface area contributed by atoms with Gasteiger partial charge in [-0.3, -0.25) is 4.79 Å². The second-order valence-electron chi connectivity index (χ2n) is 6.45. The highest BCUT2D eigenvalue weighted by atomic mass is 32.2. The Kier molecular flexibility index (Phi) is 5.73. The molecular weight excluding hydrogens is 344 g/mol. The van der Waals surface area contributed by atoms with Crippen LogP contribution >= 0.6 is 0 Å². The zero-order valence-electron chi connectivity index (χ0n) is 14.3. The maximum Gasteiger partial charge on any atom is 0.241 e. The van der Waals surface area contributed by atoms with Crippen molar-refractivity contribution in [2.24, 2.45) is 5.92 Å². The van der Waals surface area contributed by atoms with Crippen molar-refractivity contribution in [2.45, 2.75) is 37.0 Å². The summed E-state index contributed by atoms with van der Waals surface area (Å²) in [7, 11) is -3.72. The van der Waals surface area contributed by atoms with Crippen molar-refractivity contribution in [2.75, 3.05) is 26.3 Å². The zero-order valence-corrected chi connectivity index (χ0v) is 15.1. The van der Waals surface area contributed by atoms with Gasteiger partial charge in [0.05, 0.1) is 24.2 Å². The van der Waals surface area contributed by atoms with Gasteiger partial charge in [0.2, 0.25) is 15.9 Å².